The normalized spacial score (nSPS) is 12.0. The number of halogens is 3. The molecule has 1 heterocycles. The largest absolute Gasteiger partial charge is 0.480 e. The van der Waals surface area contributed by atoms with Gasteiger partial charge >= 0.3 is 6.18 Å². The van der Waals surface area contributed by atoms with E-state index in [4.69, 9.17) is 9.57 Å². The average Bonchev–Trinajstić information content (AvgIpc) is 2.75. The standard InChI is InChI=1S/C22H20F3N3O3/c1-14(15-8-6-9-17(11-15)22(23,24)25)27-31-12-16-7-4-5-10-18(16)19-20(30-3)26-13-28(2)21(19)29/h4-11,13H,12H2,1-3H3/b27-14+. The van der Waals surface area contributed by atoms with Crippen molar-refractivity contribution in [3.05, 3.63) is 81.9 Å². The van der Waals surface area contributed by atoms with E-state index >= 15 is 0 Å². The summed E-state index contributed by atoms with van der Waals surface area (Å²) in [6, 6.07) is 11.9. The Morgan fingerprint density at radius 2 is 1.90 bits per heavy atom. The fourth-order valence-electron chi connectivity index (χ4n) is 2.97. The van der Waals surface area contributed by atoms with Crippen LogP contribution in [0.15, 0.2) is 64.8 Å². The number of aryl methyl sites for hydroxylation is 1. The van der Waals surface area contributed by atoms with Gasteiger partial charge in [0.05, 0.1) is 18.4 Å². The molecule has 0 atom stereocenters. The summed E-state index contributed by atoms with van der Waals surface area (Å²) in [6.07, 6.45) is -3.07. The lowest BCUT2D eigenvalue weighted by molar-refractivity contribution is -0.137. The first-order valence-corrected chi connectivity index (χ1v) is 9.24. The Balaban J connectivity index is 1.87. The van der Waals surface area contributed by atoms with Crippen LogP contribution in [0.5, 0.6) is 5.88 Å². The summed E-state index contributed by atoms with van der Waals surface area (Å²) in [5.74, 6) is 0.180. The fourth-order valence-corrected chi connectivity index (χ4v) is 2.97. The predicted octanol–water partition coefficient (Wildman–Crippen LogP) is 4.42. The number of aromatic nitrogens is 2. The van der Waals surface area contributed by atoms with Gasteiger partial charge in [0.2, 0.25) is 5.88 Å². The minimum absolute atomic E-state index is 0.00627. The van der Waals surface area contributed by atoms with Crippen molar-refractivity contribution < 1.29 is 22.7 Å². The molecule has 6 nitrogen and oxygen atoms in total. The molecule has 0 saturated carbocycles. The summed E-state index contributed by atoms with van der Waals surface area (Å²) in [5, 5.41) is 3.95. The third-order valence-electron chi connectivity index (χ3n) is 4.61. The van der Waals surface area contributed by atoms with Gasteiger partial charge in [0.25, 0.3) is 5.56 Å². The maximum Gasteiger partial charge on any atom is 0.416 e. The highest BCUT2D eigenvalue weighted by Gasteiger charge is 2.30. The van der Waals surface area contributed by atoms with Gasteiger partial charge in [-0.1, -0.05) is 41.6 Å². The third kappa shape index (κ3) is 4.93. The first kappa shape index (κ1) is 22.1. The molecule has 3 aromatic rings. The molecule has 1 aromatic heterocycles. The number of methoxy groups -OCH3 is 1. The van der Waals surface area contributed by atoms with E-state index in [-0.39, 0.29) is 23.6 Å². The molecule has 0 amide bonds. The number of nitrogens with zero attached hydrogens (tertiary/aromatic N) is 3. The van der Waals surface area contributed by atoms with E-state index < -0.39 is 11.7 Å². The van der Waals surface area contributed by atoms with E-state index in [9.17, 15) is 18.0 Å². The maximum atomic E-state index is 12.9. The van der Waals surface area contributed by atoms with Crippen molar-refractivity contribution in [3.63, 3.8) is 0 Å². The minimum Gasteiger partial charge on any atom is -0.480 e. The quantitative estimate of drug-likeness (QED) is 0.428. The number of alkyl halides is 3. The molecule has 162 valence electrons. The van der Waals surface area contributed by atoms with Crippen molar-refractivity contribution in [2.24, 2.45) is 12.2 Å². The van der Waals surface area contributed by atoms with Crippen LogP contribution in [-0.4, -0.2) is 22.4 Å². The number of ether oxygens (including phenoxy) is 1. The first-order valence-electron chi connectivity index (χ1n) is 9.24. The fraction of sp³-hybridized carbons (Fsp3) is 0.227. The molecule has 0 aliphatic heterocycles. The summed E-state index contributed by atoms with van der Waals surface area (Å²) >= 11 is 0. The zero-order valence-corrected chi connectivity index (χ0v) is 17.1. The molecule has 0 fully saturated rings. The molecular weight excluding hydrogens is 411 g/mol. The van der Waals surface area contributed by atoms with Crippen LogP contribution < -0.4 is 10.3 Å². The van der Waals surface area contributed by atoms with Gasteiger partial charge in [0.1, 0.15) is 18.5 Å². The molecule has 0 bridgehead atoms. The molecule has 0 N–H and O–H groups in total. The third-order valence-corrected chi connectivity index (χ3v) is 4.61. The number of hydrogen-bond acceptors (Lipinski definition) is 5. The lowest BCUT2D eigenvalue weighted by Crippen LogP contribution is -2.20. The molecule has 0 saturated heterocycles. The van der Waals surface area contributed by atoms with Crippen molar-refractivity contribution in [3.8, 4) is 17.0 Å². The molecule has 31 heavy (non-hydrogen) atoms. The lowest BCUT2D eigenvalue weighted by Gasteiger charge is -2.12. The summed E-state index contributed by atoms with van der Waals surface area (Å²) in [5.41, 5.74) is 1.04. The molecule has 2 aromatic carbocycles. The van der Waals surface area contributed by atoms with Gasteiger partial charge in [0.15, 0.2) is 0 Å². The Kier molecular flexibility index (Phi) is 6.43. The van der Waals surface area contributed by atoms with Crippen molar-refractivity contribution in [2.75, 3.05) is 7.11 Å². The second-order valence-electron chi connectivity index (χ2n) is 6.73. The number of benzene rings is 2. The van der Waals surface area contributed by atoms with Crippen LogP contribution in [0.3, 0.4) is 0 Å². The van der Waals surface area contributed by atoms with Crippen molar-refractivity contribution in [1.29, 1.82) is 0 Å². The first-order chi connectivity index (χ1) is 14.7. The van der Waals surface area contributed by atoms with Gasteiger partial charge in [-0.3, -0.25) is 4.79 Å². The van der Waals surface area contributed by atoms with Crippen LogP contribution >= 0.6 is 0 Å². The molecule has 0 aliphatic rings. The smallest absolute Gasteiger partial charge is 0.416 e. The molecule has 0 spiro atoms. The van der Waals surface area contributed by atoms with E-state index in [2.05, 4.69) is 10.1 Å². The van der Waals surface area contributed by atoms with E-state index in [1.54, 1.807) is 38.2 Å². The molecule has 0 radical (unpaired) electrons. The SMILES string of the molecule is COc1ncn(C)c(=O)c1-c1ccccc1CO/N=C(\C)c1cccc(C(F)(F)F)c1. The highest BCUT2D eigenvalue weighted by atomic mass is 19.4. The highest BCUT2D eigenvalue weighted by molar-refractivity contribution is 5.98. The Morgan fingerprint density at radius 1 is 1.16 bits per heavy atom. The summed E-state index contributed by atoms with van der Waals surface area (Å²) in [6.45, 7) is 1.55. The molecule has 3 rings (SSSR count). The lowest BCUT2D eigenvalue weighted by atomic mass is 10.0. The van der Waals surface area contributed by atoms with Gasteiger partial charge in [-0.15, -0.1) is 0 Å². The van der Waals surface area contributed by atoms with E-state index in [0.717, 1.165) is 12.1 Å². The minimum atomic E-state index is -4.44. The van der Waals surface area contributed by atoms with Gasteiger partial charge in [-0.2, -0.15) is 13.2 Å². The van der Waals surface area contributed by atoms with Crippen molar-refractivity contribution in [2.45, 2.75) is 19.7 Å². The van der Waals surface area contributed by atoms with Crippen LogP contribution in [0, 0.1) is 0 Å². The summed E-state index contributed by atoms with van der Waals surface area (Å²) < 4.78 is 45.3. The number of oxime groups is 1. The molecule has 0 aliphatic carbocycles. The van der Waals surface area contributed by atoms with Gasteiger partial charge in [-0.25, -0.2) is 4.98 Å². The van der Waals surface area contributed by atoms with E-state index in [1.807, 2.05) is 0 Å². The van der Waals surface area contributed by atoms with Crippen LogP contribution in [0.1, 0.15) is 23.6 Å². The van der Waals surface area contributed by atoms with Crippen LogP contribution in [-0.2, 0) is 24.7 Å². The number of hydrogen-bond donors (Lipinski definition) is 0. The second-order valence-corrected chi connectivity index (χ2v) is 6.73. The Bertz CT molecular complexity index is 1170. The topological polar surface area (TPSA) is 65.7 Å². The number of rotatable bonds is 6. The summed E-state index contributed by atoms with van der Waals surface area (Å²) in [4.78, 5) is 22.2. The average molecular weight is 431 g/mol. The maximum absolute atomic E-state index is 12.9. The van der Waals surface area contributed by atoms with E-state index in [1.165, 1.54) is 30.1 Å². The summed E-state index contributed by atoms with van der Waals surface area (Å²) in [7, 11) is 3.01. The van der Waals surface area contributed by atoms with Crippen molar-refractivity contribution in [1.82, 2.24) is 9.55 Å². The monoisotopic (exact) mass is 431 g/mol. The molecular formula is C22H20F3N3O3. The van der Waals surface area contributed by atoms with Crippen LogP contribution in [0.4, 0.5) is 13.2 Å². The Labute approximate surface area is 176 Å². The zero-order chi connectivity index (χ0) is 22.6. The van der Waals surface area contributed by atoms with Crippen LogP contribution in [0.2, 0.25) is 0 Å². The predicted molar refractivity (Wildman–Crippen MR) is 110 cm³/mol. The zero-order valence-electron chi connectivity index (χ0n) is 17.1. The molecule has 9 heteroatoms. The second kappa shape index (κ2) is 9.03. The highest BCUT2D eigenvalue weighted by Crippen LogP contribution is 2.30. The van der Waals surface area contributed by atoms with Gasteiger partial charge < -0.3 is 14.1 Å². The van der Waals surface area contributed by atoms with Crippen molar-refractivity contribution >= 4 is 5.71 Å². The Hall–Kier alpha value is -3.62. The van der Waals surface area contributed by atoms with E-state index in [0.29, 0.717) is 22.4 Å². The van der Waals surface area contributed by atoms with Gasteiger partial charge in [0, 0.05) is 12.6 Å². The van der Waals surface area contributed by atoms with Gasteiger partial charge in [-0.05, 0) is 30.2 Å². The van der Waals surface area contributed by atoms with Crippen LogP contribution in [0.25, 0.3) is 11.1 Å². The Morgan fingerprint density at radius 3 is 2.61 bits per heavy atom. The molecule has 0 unspecified atom stereocenters.